The van der Waals surface area contributed by atoms with E-state index in [2.05, 4.69) is 4.98 Å². The molecule has 0 spiro atoms. The van der Waals surface area contributed by atoms with Crippen LogP contribution in [-0.2, 0) is 6.18 Å². The van der Waals surface area contributed by atoms with Gasteiger partial charge in [-0.05, 0) is 12.1 Å². The Kier molecular flexibility index (Phi) is 2.84. The van der Waals surface area contributed by atoms with Crippen molar-refractivity contribution in [2.45, 2.75) is 6.18 Å². The molecular formula is C8H4F3IN2S. The van der Waals surface area contributed by atoms with E-state index in [-0.39, 0.29) is 0 Å². The van der Waals surface area contributed by atoms with Gasteiger partial charge in [0.15, 0.2) is 5.65 Å². The second-order valence-electron chi connectivity index (χ2n) is 2.85. The minimum atomic E-state index is -4.33. The smallest absolute Gasteiger partial charge is 0.266 e. The lowest BCUT2D eigenvalue weighted by Crippen LogP contribution is -2.05. The second-order valence-corrected chi connectivity index (χ2v) is 4.56. The molecule has 2 aromatic heterocycles. The van der Waals surface area contributed by atoms with E-state index in [1.807, 2.05) is 21.2 Å². The molecule has 80 valence electrons. The molecule has 2 heterocycles. The standard InChI is InChI=1S/C8H4F3IN2S/c9-8(10,11)6-3-5-1-2-14(15-12)7(5)13-4-6/h1-4H. The van der Waals surface area contributed by atoms with Crippen molar-refractivity contribution in [1.82, 2.24) is 8.96 Å². The summed E-state index contributed by atoms with van der Waals surface area (Å²) in [4.78, 5) is 3.80. The number of pyridine rings is 1. The molecule has 0 aliphatic heterocycles. The van der Waals surface area contributed by atoms with Crippen LogP contribution in [0.1, 0.15) is 5.56 Å². The zero-order valence-electron chi connectivity index (χ0n) is 7.12. The van der Waals surface area contributed by atoms with Crippen LogP contribution >= 0.6 is 30.3 Å². The summed E-state index contributed by atoms with van der Waals surface area (Å²) in [6, 6.07) is 2.72. The highest BCUT2D eigenvalue weighted by Crippen LogP contribution is 2.31. The molecule has 0 saturated carbocycles. The first-order valence-corrected chi connectivity index (χ1v) is 7.17. The average molecular weight is 344 g/mol. The van der Waals surface area contributed by atoms with Crippen molar-refractivity contribution in [3.05, 3.63) is 30.1 Å². The Bertz CT molecular complexity index is 494. The monoisotopic (exact) mass is 344 g/mol. The fourth-order valence-corrected chi connectivity index (χ4v) is 2.49. The number of aromatic nitrogens is 2. The lowest BCUT2D eigenvalue weighted by molar-refractivity contribution is -0.137. The predicted molar refractivity (Wildman–Crippen MR) is 61.7 cm³/mol. The molecular weight excluding hydrogens is 340 g/mol. The number of hydrogen-bond donors (Lipinski definition) is 0. The van der Waals surface area contributed by atoms with Gasteiger partial charge in [-0.15, -0.1) is 0 Å². The van der Waals surface area contributed by atoms with Gasteiger partial charge >= 0.3 is 6.18 Å². The molecule has 0 fully saturated rings. The third kappa shape index (κ3) is 2.07. The molecule has 0 bridgehead atoms. The van der Waals surface area contributed by atoms with Crippen LogP contribution in [0.25, 0.3) is 11.0 Å². The van der Waals surface area contributed by atoms with Crippen LogP contribution in [-0.4, -0.2) is 8.96 Å². The first kappa shape index (κ1) is 11.1. The summed E-state index contributed by atoms with van der Waals surface area (Å²) in [5.74, 6) is 0. The van der Waals surface area contributed by atoms with Crippen LogP contribution in [0.4, 0.5) is 13.2 Å². The van der Waals surface area contributed by atoms with Crippen molar-refractivity contribution in [3.63, 3.8) is 0 Å². The van der Waals surface area contributed by atoms with E-state index in [4.69, 9.17) is 0 Å². The van der Waals surface area contributed by atoms with E-state index >= 15 is 0 Å². The van der Waals surface area contributed by atoms with E-state index in [1.165, 1.54) is 9.12 Å². The van der Waals surface area contributed by atoms with E-state index in [0.717, 1.165) is 12.3 Å². The Labute approximate surface area is 99.6 Å². The normalized spacial score (nSPS) is 12.3. The molecule has 0 saturated heterocycles. The minimum Gasteiger partial charge on any atom is -0.266 e. The van der Waals surface area contributed by atoms with E-state index in [0.29, 0.717) is 11.0 Å². The maximum Gasteiger partial charge on any atom is 0.417 e. The van der Waals surface area contributed by atoms with E-state index in [9.17, 15) is 13.2 Å². The Hall–Kier alpha value is -0.440. The quantitative estimate of drug-likeness (QED) is 0.731. The van der Waals surface area contributed by atoms with E-state index < -0.39 is 11.7 Å². The third-order valence-electron chi connectivity index (χ3n) is 1.90. The molecule has 2 nitrogen and oxygen atoms in total. The molecule has 2 rings (SSSR count). The third-order valence-corrected chi connectivity index (χ3v) is 3.61. The summed E-state index contributed by atoms with van der Waals surface area (Å²) in [5, 5.41) is 0.494. The zero-order valence-corrected chi connectivity index (χ0v) is 10.1. The van der Waals surface area contributed by atoms with Crippen molar-refractivity contribution in [1.29, 1.82) is 0 Å². The van der Waals surface area contributed by atoms with Crippen LogP contribution in [0, 0.1) is 0 Å². The highest BCUT2D eigenvalue weighted by atomic mass is 127. The largest absolute Gasteiger partial charge is 0.417 e. The SMILES string of the molecule is FC(F)(F)c1cnc2c(ccn2SI)c1. The Morgan fingerprint density at radius 3 is 2.73 bits per heavy atom. The number of fused-ring (bicyclic) bond motifs is 1. The highest BCUT2D eigenvalue weighted by molar-refractivity contribution is 14.2. The van der Waals surface area contributed by atoms with Crippen molar-refractivity contribution >= 4 is 41.4 Å². The number of nitrogens with zero attached hydrogens (tertiary/aromatic N) is 2. The summed E-state index contributed by atoms with van der Waals surface area (Å²) >= 11 is 2.04. The van der Waals surface area contributed by atoms with Gasteiger partial charge in [0.2, 0.25) is 0 Å². The summed E-state index contributed by atoms with van der Waals surface area (Å²) in [6.07, 6.45) is -1.79. The molecule has 0 unspecified atom stereocenters. The van der Waals surface area contributed by atoms with Crippen LogP contribution in [0.15, 0.2) is 24.5 Å². The fraction of sp³-hybridized carbons (Fsp3) is 0.125. The molecule has 0 amide bonds. The number of halogens is 4. The maximum absolute atomic E-state index is 12.4. The van der Waals surface area contributed by atoms with Crippen LogP contribution < -0.4 is 0 Å². The Balaban J connectivity index is 2.58. The Morgan fingerprint density at radius 2 is 2.13 bits per heavy atom. The van der Waals surface area contributed by atoms with Gasteiger partial charge in [0.25, 0.3) is 0 Å². The average Bonchev–Trinajstić information content (AvgIpc) is 2.58. The summed E-state index contributed by atoms with van der Waals surface area (Å²) in [6.45, 7) is 0. The molecule has 0 aromatic carbocycles. The van der Waals surface area contributed by atoms with Crippen LogP contribution in [0.3, 0.4) is 0 Å². The molecule has 0 N–H and O–H groups in total. The number of alkyl halides is 3. The van der Waals surface area contributed by atoms with Gasteiger partial charge in [-0.3, -0.25) is 3.97 Å². The zero-order chi connectivity index (χ0) is 11.1. The molecule has 15 heavy (non-hydrogen) atoms. The van der Waals surface area contributed by atoms with Gasteiger partial charge in [0.1, 0.15) is 0 Å². The number of rotatable bonds is 1. The first-order chi connectivity index (χ1) is 7.02. The van der Waals surface area contributed by atoms with Gasteiger partial charge in [-0.25, -0.2) is 4.98 Å². The topological polar surface area (TPSA) is 17.8 Å². The number of hydrogen-bond acceptors (Lipinski definition) is 2. The summed E-state index contributed by atoms with van der Waals surface area (Å²) in [5.41, 5.74) is -0.173. The van der Waals surface area contributed by atoms with E-state index in [1.54, 1.807) is 16.2 Å². The molecule has 0 aliphatic rings. The maximum atomic E-state index is 12.4. The van der Waals surface area contributed by atoms with Crippen molar-refractivity contribution in [2.75, 3.05) is 0 Å². The van der Waals surface area contributed by atoms with Crippen molar-refractivity contribution in [3.8, 4) is 0 Å². The lowest BCUT2D eigenvalue weighted by atomic mass is 10.2. The van der Waals surface area contributed by atoms with Gasteiger partial charge in [0, 0.05) is 48.1 Å². The molecule has 0 atom stereocenters. The minimum absolute atomic E-state index is 0.494. The predicted octanol–water partition coefficient (Wildman–Crippen LogP) is 3.90. The summed E-state index contributed by atoms with van der Waals surface area (Å²) < 4.78 is 38.8. The van der Waals surface area contributed by atoms with Gasteiger partial charge < -0.3 is 0 Å². The lowest BCUT2D eigenvalue weighted by Gasteiger charge is -2.05. The molecule has 7 heteroatoms. The van der Waals surface area contributed by atoms with Gasteiger partial charge in [0.05, 0.1) is 5.56 Å². The van der Waals surface area contributed by atoms with Crippen LogP contribution in [0.5, 0.6) is 0 Å². The fourth-order valence-electron chi connectivity index (χ4n) is 1.21. The molecule has 0 aliphatic carbocycles. The first-order valence-electron chi connectivity index (χ1n) is 3.86. The highest BCUT2D eigenvalue weighted by Gasteiger charge is 2.31. The second kappa shape index (κ2) is 3.85. The van der Waals surface area contributed by atoms with Crippen molar-refractivity contribution < 1.29 is 13.2 Å². The molecule has 0 radical (unpaired) electrons. The van der Waals surface area contributed by atoms with Crippen LogP contribution in [0.2, 0.25) is 0 Å². The Morgan fingerprint density at radius 1 is 1.40 bits per heavy atom. The molecule has 2 aromatic rings. The summed E-state index contributed by atoms with van der Waals surface area (Å²) in [7, 11) is 1.36. The van der Waals surface area contributed by atoms with Gasteiger partial charge in [-0.2, -0.15) is 13.2 Å². The van der Waals surface area contributed by atoms with Crippen molar-refractivity contribution in [2.24, 2.45) is 0 Å². The van der Waals surface area contributed by atoms with Gasteiger partial charge in [-0.1, -0.05) is 0 Å².